The Balaban J connectivity index is 2.12. The van der Waals surface area contributed by atoms with Crippen LogP contribution in [0.1, 0.15) is 38.5 Å². The number of amides is 2. The van der Waals surface area contributed by atoms with Crippen molar-refractivity contribution in [1.29, 1.82) is 0 Å². The van der Waals surface area contributed by atoms with E-state index in [-0.39, 0.29) is 6.42 Å². The van der Waals surface area contributed by atoms with Gasteiger partial charge in [0.05, 0.1) is 12.7 Å². The Labute approximate surface area is 119 Å². The largest absolute Gasteiger partial charge is 0.480 e. The van der Waals surface area contributed by atoms with Crippen molar-refractivity contribution < 1.29 is 19.4 Å². The van der Waals surface area contributed by atoms with Crippen LogP contribution < -0.4 is 10.6 Å². The summed E-state index contributed by atoms with van der Waals surface area (Å²) in [6.07, 6.45) is 7.84. The molecule has 0 aromatic heterocycles. The summed E-state index contributed by atoms with van der Waals surface area (Å²) in [4.78, 5) is 22.4. The molecule has 114 valence electrons. The van der Waals surface area contributed by atoms with Crippen molar-refractivity contribution in [2.45, 2.75) is 50.7 Å². The molecule has 1 rings (SSSR count). The number of carbonyl (C=O) groups is 2. The Morgan fingerprint density at radius 1 is 1.35 bits per heavy atom. The van der Waals surface area contributed by atoms with Crippen LogP contribution in [0.15, 0.2) is 12.7 Å². The van der Waals surface area contributed by atoms with E-state index in [4.69, 9.17) is 9.84 Å². The number of carboxylic acid groups (broad SMARTS) is 1. The zero-order valence-electron chi connectivity index (χ0n) is 11.8. The van der Waals surface area contributed by atoms with E-state index < -0.39 is 18.0 Å². The number of aliphatic carboxylic acids is 1. The van der Waals surface area contributed by atoms with Gasteiger partial charge in [0.2, 0.25) is 0 Å². The standard InChI is InChI=1S/C14H24N2O4/c1-2-6-12(13(17)18)16-14(19)15-9-10-20-11-7-4-3-5-8-11/h2,11-12H,1,3-10H2,(H,17,18)(H2,15,16,19). The van der Waals surface area contributed by atoms with Gasteiger partial charge < -0.3 is 20.5 Å². The van der Waals surface area contributed by atoms with Crippen molar-refractivity contribution in [2.75, 3.05) is 13.2 Å². The molecule has 1 unspecified atom stereocenters. The van der Waals surface area contributed by atoms with Crippen molar-refractivity contribution in [2.24, 2.45) is 0 Å². The van der Waals surface area contributed by atoms with Crippen molar-refractivity contribution in [3.05, 3.63) is 12.7 Å². The van der Waals surface area contributed by atoms with E-state index >= 15 is 0 Å². The third-order valence-electron chi connectivity index (χ3n) is 3.30. The molecule has 1 aliphatic rings. The number of hydrogen-bond donors (Lipinski definition) is 3. The maximum atomic E-state index is 11.5. The smallest absolute Gasteiger partial charge is 0.326 e. The fourth-order valence-corrected chi connectivity index (χ4v) is 2.22. The van der Waals surface area contributed by atoms with Crippen molar-refractivity contribution >= 4 is 12.0 Å². The molecular weight excluding hydrogens is 260 g/mol. The number of urea groups is 1. The minimum absolute atomic E-state index is 0.196. The second-order valence-electron chi connectivity index (χ2n) is 4.95. The minimum atomic E-state index is -1.07. The van der Waals surface area contributed by atoms with Gasteiger partial charge in [-0.3, -0.25) is 0 Å². The first-order chi connectivity index (χ1) is 9.63. The quantitative estimate of drug-likeness (QED) is 0.467. The van der Waals surface area contributed by atoms with Crippen LogP contribution in [0.3, 0.4) is 0 Å². The predicted octanol–water partition coefficient (Wildman–Crippen LogP) is 1.66. The van der Waals surface area contributed by atoms with E-state index in [2.05, 4.69) is 17.2 Å². The Bertz CT molecular complexity index is 327. The van der Waals surface area contributed by atoms with Gasteiger partial charge in [-0.2, -0.15) is 0 Å². The van der Waals surface area contributed by atoms with Gasteiger partial charge in [0, 0.05) is 6.54 Å². The summed E-state index contributed by atoms with van der Waals surface area (Å²) in [5.74, 6) is -1.07. The summed E-state index contributed by atoms with van der Waals surface area (Å²) in [5.41, 5.74) is 0. The molecule has 0 bridgehead atoms. The predicted molar refractivity (Wildman–Crippen MR) is 75.6 cm³/mol. The molecule has 0 radical (unpaired) electrons. The van der Waals surface area contributed by atoms with E-state index in [1.54, 1.807) is 0 Å². The van der Waals surface area contributed by atoms with Crippen molar-refractivity contribution in [1.82, 2.24) is 10.6 Å². The number of rotatable bonds is 8. The van der Waals surface area contributed by atoms with E-state index in [0.29, 0.717) is 19.3 Å². The molecule has 1 saturated carbocycles. The zero-order valence-corrected chi connectivity index (χ0v) is 11.8. The van der Waals surface area contributed by atoms with Gasteiger partial charge in [-0.1, -0.05) is 25.3 Å². The molecule has 0 spiro atoms. The average molecular weight is 284 g/mol. The van der Waals surface area contributed by atoms with E-state index in [9.17, 15) is 9.59 Å². The topological polar surface area (TPSA) is 87.7 Å². The highest BCUT2D eigenvalue weighted by Gasteiger charge is 2.18. The lowest BCUT2D eigenvalue weighted by Crippen LogP contribution is -2.46. The zero-order chi connectivity index (χ0) is 14.8. The van der Waals surface area contributed by atoms with Crippen LogP contribution in [-0.2, 0) is 9.53 Å². The molecule has 6 heteroatoms. The molecule has 2 amide bonds. The third kappa shape index (κ3) is 6.56. The summed E-state index contributed by atoms with van der Waals surface area (Å²) in [6.45, 7) is 4.30. The SMILES string of the molecule is C=CCC(NC(=O)NCCOC1CCCCC1)C(=O)O. The number of carboxylic acids is 1. The highest BCUT2D eigenvalue weighted by atomic mass is 16.5. The summed E-state index contributed by atoms with van der Waals surface area (Å²) in [6, 6.07) is -1.43. The van der Waals surface area contributed by atoms with Gasteiger partial charge in [-0.25, -0.2) is 9.59 Å². The van der Waals surface area contributed by atoms with Gasteiger partial charge in [-0.15, -0.1) is 6.58 Å². The summed E-state index contributed by atoms with van der Waals surface area (Å²) in [7, 11) is 0. The fraction of sp³-hybridized carbons (Fsp3) is 0.714. The molecule has 1 atom stereocenters. The Morgan fingerprint density at radius 3 is 2.65 bits per heavy atom. The molecule has 0 aromatic rings. The van der Waals surface area contributed by atoms with Crippen LogP contribution in [-0.4, -0.2) is 42.4 Å². The molecule has 6 nitrogen and oxygen atoms in total. The van der Waals surface area contributed by atoms with Crippen LogP contribution >= 0.6 is 0 Å². The first-order valence-corrected chi connectivity index (χ1v) is 7.13. The molecule has 0 heterocycles. The van der Waals surface area contributed by atoms with E-state index in [1.807, 2.05) is 0 Å². The monoisotopic (exact) mass is 284 g/mol. The summed E-state index contributed by atoms with van der Waals surface area (Å²) >= 11 is 0. The molecule has 0 aliphatic heterocycles. The summed E-state index contributed by atoms with van der Waals surface area (Å²) < 4.78 is 5.66. The fourth-order valence-electron chi connectivity index (χ4n) is 2.22. The lowest BCUT2D eigenvalue weighted by atomic mass is 9.98. The molecular formula is C14H24N2O4. The normalized spacial score (nSPS) is 17.2. The summed E-state index contributed by atoms with van der Waals surface area (Å²) in [5, 5.41) is 13.9. The molecule has 1 aliphatic carbocycles. The van der Waals surface area contributed by atoms with Gasteiger partial charge in [-0.05, 0) is 19.3 Å². The Morgan fingerprint density at radius 2 is 2.05 bits per heavy atom. The average Bonchev–Trinajstić information content (AvgIpc) is 2.44. The second kappa shape index (κ2) is 9.36. The van der Waals surface area contributed by atoms with Crippen LogP contribution in [0.5, 0.6) is 0 Å². The van der Waals surface area contributed by atoms with E-state index in [1.165, 1.54) is 25.3 Å². The maximum absolute atomic E-state index is 11.5. The molecule has 3 N–H and O–H groups in total. The van der Waals surface area contributed by atoms with Gasteiger partial charge in [0.1, 0.15) is 6.04 Å². The Kier molecular flexibility index (Phi) is 7.72. The van der Waals surface area contributed by atoms with Gasteiger partial charge in [0.15, 0.2) is 0 Å². The lowest BCUT2D eigenvalue weighted by molar-refractivity contribution is -0.139. The van der Waals surface area contributed by atoms with Gasteiger partial charge >= 0.3 is 12.0 Å². The minimum Gasteiger partial charge on any atom is -0.480 e. The van der Waals surface area contributed by atoms with Gasteiger partial charge in [0.25, 0.3) is 0 Å². The van der Waals surface area contributed by atoms with Crippen molar-refractivity contribution in [3.8, 4) is 0 Å². The third-order valence-corrected chi connectivity index (χ3v) is 3.30. The van der Waals surface area contributed by atoms with Crippen LogP contribution in [0, 0.1) is 0 Å². The van der Waals surface area contributed by atoms with Crippen LogP contribution in [0.4, 0.5) is 4.79 Å². The maximum Gasteiger partial charge on any atom is 0.326 e. The number of hydrogen-bond acceptors (Lipinski definition) is 3. The lowest BCUT2D eigenvalue weighted by Gasteiger charge is -2.22. The number of ether oxygens (including phenoxy) is 1. The highest BCUT2D eigenvalue weighted by molar-refractivity contribution is 5.82. The number of nitrogens with one attached hydrogen (secondary N) is 2. The first-order valence-electron chi connectivity index (χ1n) is 7.13. The molecule has 20 heavy (non-hydrogen) atoms. The second-order valence-corrected chi connectivity index (χ2v) is 4.95. The molecule has 0 aromatic carbocycles. The van der Waals surface area contributed by atoms with Crippen LogP contribution in [0.2, 0.25) is 0 Å². The number of carbonyl (C=O) groups excluding carboxylic acids is 1. The van der Waals surface area contributed by atoms with Crippen LogP contribution in [0.25, 0.3) is 0 Å². The highest BCUT2D eigenvalue weighted by Crippen LogP contribution is 2.19. The van der Waals surface area contributed by atoms with E-state index in [0.717, 1.165) is 12.8 Å². The Hall–Kier alpha value is -1.56. The molecule has 1 fully saturated rings. The first kappa shape index (κ1) is 16.5. The van der Waals surface area contributed by atoms with Crippen molar-refractivity contribution in [3.63, 3.8) is 0 Å². The molecule has 0 saturated heterocycles.